The second kappa shape index (κ2) is 12.2. The van der Waals surface area contributed by atoms with E-state index in [1.54, 1.807) is 0 Å². The Balaban J connectivity index is 1.25. The van der Waals surface area contributed by atoms with Crippen molar-refractivity contribution in [2.24, 2.45) is 0 Å². The molecule has 2 heterocycles. The smallest absolute Gasteiger partial charge is 0.164 e. The van der Waals surface area contributed by atoms with Crippen LogP contribution >= 0.6 is 0 Å². The Morgan fingerprint density at radius 3 is 1.43 bits per heavy atom. The third-order valence-electron chi connectivity index (χ3n) is 8.93. The molecular formula is C45H29N3O. The SMILES string of the molecule is c1ccc(-c2ccc(-c3nc(-c4ccccc4)nc(-c4cc(-c5ccccc5)cc(-c5cccc6oc7ccccc7c56)c4)n3)cc2)cc1. The summed E-state index contributed by atoms with van der Waals surface area (Å²) in [6, 6.07) is 60.5. The fourth-order valence-corrected chi connectivity index (χ4v) is 6.52. The van der Waals surface area contributed by atoms with Crippen LogP contribution in [-0.2, 0) is 0 Å². The van der Waals surface area contributed by atoms with Crippen LogP contribution in [-0.4, -0.2) is 15.0 Å². The van der Waals surface area contributed by atoms with Gasteiger partial charge in [0.2, 0.25) is 0 Å². The summed E-state index contributed by atoms with van der Waals surface area (Å²) < 4.78 is 6.28. The van der Waals surface area contributed by atoms with Crippen LogP contribution < -0.4 is 0 Å². The third kappa shape index (κ3) is 5.45. The van der Waals surface area contributed by atoms with Crippen molar-refractivity contribution in [3.63, 3.8) is 0 Å². The van der Waals surface area contributed by atoms with Gasteiger partial charge in [0.15, 0.2) is 17.5 Å². The Morgan fingerprint density at radius 1 is 0.306 bits per heavy atom. The van der Waals surface area contributed by atoms with Crippen molar-refractivity contribution in [2.75, 3.05) is 0 Å². The lowest BCUT2D eigenvalue weighted by Crippen LogP contribution is -2.00. The van der Waals surface area contributed by atoms with Gasteiger partial charge in [-0.1, -0.05) is 146 Å². The number of fused-ring (bicyclic) bond motifs is 3. The molecule has 230 valence electrons. The van der Waals surface area contributed by atoms with Crippen LogP contribution in [0.1, 0.15) is 0 Å². The summed E-state index contributed by atoms with van der Waals surface area (Å²) >= 11 is 0. The van der Waals surface area contributed by atoms with Gasteiger partial charge >= 0.3 is 0 Å². The van der Waals surface area contributed by atoms with Gasteiger partial charge < -0.3 is 4.42 Å². The Labute approximate surface area is 284 Å². The van der Waals surface area contributed by atoms with Gasteiger partial charge in [0.05, 0.1) is 0 Å². The number of furan rings is 1. The van der Waals surface area contributed by atoms with Crippen molar-refractivity contribution >= 4 is 21.9 Å². The molecule has 9 aromatic rings. The van der Waals surface area contributed by atoms with Gasteiger partial charge in [-0.3, -0.25) is 0 Å². The van der Waals surface area contributed by atoms with Crippen LogP contribution in [0.4, 0.5) is 0 Å². The van der Waals surface area contributed by atoms with Gasteiger partial charge in [0.1, 0.15) is 11.2 Å². The van der Waals surface area contributed by atoms with Crippen molar-refractivity contribution in [1.29, 1.82) is 0 Å². The van der Waals surface area contributed by atoms with E-state index in [2.05, 4.69) is 115 Å². The van der Waals surface area contributed by atoms with E-state index in [9.17, 15) is 0 Å². The molecule has 0 saturated carbocycles. The second-order valence-corrected chi connectivity index (χ2v) is 12.1. The fraction of sp³-hybridized carbons (Fsp3) is 0. The van der Waals surface area contributed by atoms with Gasteiger partial charge in [-0.05, 0) is 63.7 Å². The van der Waals surface area contributed by atoms with E-state index < -0.39 is 0 Å². The molecule has 0 aliphatic rings. The molecule has 0 aliphatic heterocycles. The van der Waals surface area contributed by atoms with Gasteiger partial charge in [0, 0.05) is 27.5 Å². The molecule has 49 heavy (non-hydrogen) atoms. The first kappa shape index (κ1) is 28.6. The van der Waals surface area contributed by atoms with Crippen LogP contribution in [0.2, 0.25) is 0 Å². The molecule has 7 aromatic carbocycles. The van der Waals surface area contributed by atoms with Crippen LogP contribution in [0, 0.1) is 0 Å². The lowest BCUT2D eigenvalue weighted by Gasteiger charge is -2.13. The van der Waals surface area contributed by atoms with E-state index in [-0.39, 0.29) is 0 Å². The van der Waals surface area contributed by atoms with E-state index >= 15 is 0 Å². The summed E-state index contributed by atoms with van der Waals surface area (Å²) in [6.45, 7) is 0. The predicted molar refractivity (Wildman–Crippen MR) is 200 cm³/mol. The Kier molecular flexibility index (Phi) is 7.10. The highest BCUT2D eigenvalue weighted by Gasteiger charge is 2.17. The number of benzene rings is 7. The van der Waals surface area contributed by atoms with Crippen LogP contribution in [0.5, 0.6) is 0 Å². The van der Waals surface area contributed by atoms with E-state index in [1.165, 1.54) is 5.56 Å². The maximum atomic E-state index is 6.28. The van der Waals surface area contributed by atoms with Crippen LogP contribution in [0.25, 0.3) is 89.5 Å². The fourth-order valence-electron chi connectivity index (χ4n) is 6.52. The summed E-state index contributed by atoms with van der Waals surface area (Å²) in [6.07, 6.45) is 0. The molecule has 4 heteroatoms. The summed E-state index contributed by atoms with van der Waals surface area (Å²) in [5, 5.41) is 2.18. The zero-order valence-electron chi connectivity index (χ0n) is 26.5. The van der Waals surface area contributed by atoms with Crippen molar-refractivity contribution in [2.45, 2.75) is 0 Å². The predicted octanol–water partition coefficient (Wildman–Crippen LogP) is 11.8. The molecule has 0 N–H and O–H groups in total. The van der Waals surface area contributed by atoms with Crippen molar-refractivity contribution in [1.82, 2.24) is 15.0 Å². The molecule has 0 radical (unpaired) electrons. The Bertz CT molecular complexity index is 2580. The average molecular weight is 628 g/mol. The average Bonchev–Trinajstić information content (AvgIpc) is 3.58. The maximum absolute atomic E-state index is 6.28. The molecule has 2 aromatic heterocycles. The van der Waals surface area contributed by atoms with Gasteiger partial charge in [-0.25, -0.2) is 15.0 Å². The molecule has 0 saturated heterocycles. The number of aromatic nitrogens is 3. The number of rotatable bonds is 6. The molecule has 4 nitrogen and oxygen atoms in total. The van der Waals surface area contributed by atoms with E-state index in [4.69, 9.17) is 19.4 Å². The first-order valence-corrected chi connectivity index (χ1v) is 16.4. The topological polar surface area (TPSA) is 51.8 Å². The summed E-state index contributed by atoms with van der Waals surface area (Å²) in [4.78, 5) is 15.2. The minimum Gasteiger partial charge on any atom is -0.456 e. The normalized spacial score (nSPS) is 11.3. The Hall–Kier alpha value is -6.65. The summed E-state index contributed by atoms with van der Waals surface area (Å²) in [7, 11) is 0. The lowest BCUT2D eigenvalue weighted by molar-refractivity contribution is 0.669. The van der Waals surface area contributed by atoms with Crippen LogP contribution in [0.15, 0.2) is 180 Å². The first-order valence-electron chi connectivity index (χ1n) is 16.4. The summed E-state index contributed by atoms with van der Waals surface area (Å²) in [5.41, 5.74) is 11.1. The number of hydrogen-bond acceptors (Lipinski definition) is 4. The Morgan fingerprint density at radius 2 is 0.755 bits per heavy atom. The van der Waals surface area contributed by atoms with Crippen molar-refractivity contribution in [3.05, 3.63) is 176 Å². The zero-order chi connectivity index (χ0) is 32.6. The number of nitrogens with zero attached hydrogens (tertiary/aromatic N) is 3. The molecule has 9 rings (SSSR count). The highest BCUT2D eigenvalue weighted by Crippen LogP contribution is 2.40. The van der Waals surface area contributed by atoms with Crippen molar-refractivity contribution < 1.29 is 4.42 Å². The lowest BCUT2D eigenvalue weighted by atomic mass is 9.93. The highest BCUT2D eigenvalue weighted by molar-refractivity contribution is 6.12. The monoisotopic (exact) mass is 627 g/mol. The molecule has 0 bridgehead atoms. The molecule has 0 atom stereocenters. The maximum Gasteiger partial charge on any atom is 0.164 e. The van der Waals surface area contributed by atoms with Crippen LogP contribution in [0.3, 0.4) is 0 Å². The zero-order valence-corrected chi connectivity index (χ0v) is 26.5. The number of hydrogen-bond donors (Lipinski definition) is 0. The molecule has 0 unspecified atom stereocenters. The van der Waals surface area contributed by atoms with Gasteiger partial charge in [0.25, 0.3) is 0 Å². The van der Waals surface area contributed by atoms with Gasteiger partial charge in [-0.15, -0.1) is 0 Å². The standard InChI is InChI=1S/C45H29N3O/c1-4-13-30(14-5-1)32-23-25-34(26-24-32)44-46-43(33-17-8-3-9-18-33)47-45(48-44)37-28-35(31-15-6-2-7-16-31)27-36(29-37)38-20-12-22-41-42(38)39-19-10-11-21-40(39)49-41/h1-29H. The molecule has 0 aliphatic carbocycles. The van der Waals surface area contributed by atoms with E-state index in [0.717, 1.165) is 66.4 Å². The second-order valence-electron chi connectivity index (χ2n) is 12.1. The quantitative estimate of drug-likeness (QED) is 0.184. The van der Waals surface area contributed by atoms with E-state index in [1.807, 2.05) is 60.7 Å². The molecule has 0 fully saturated rings. The number of para-hydroxylation sites is 1. The van der Waals surface area contributed by atoms with Crippen molar-refractivity contribution in [3.8, 4) is 67.5 Å². The minimum absolute atomic E-state index is 0.610. The molecular weight excluding hydrogens is 599 g/mol. The highest BCUT2D eigenvalue weighted by atomic mass is 16.3. The largest absolute Gasteiger partial charge is 0.456 e. The summed E-state index contributed by atoms with van der Waals surface area (Å²) in [5.74, 6) is 1.86. The molecule has 0 amide bonds. The van der Waals surface area contributed by atoms with Gasteiger partial charge in [-0.2, -0.15) is 0 Å². The molecule has 0 spiro atoms. The van der Waals surface area contributed by atoms with E-state index in [0.29, 0.717) is 17.5 Å². The first-order chi connectivity index (χ1) is 24.3. The minimum atomic E-state index is 0.610. The third-order valence-corrected chi connectivity index (χ3v) is 8.93.